The molecule has 0 fully saturated rings. The SMILES string of the molecule is COC(=O)C(C)(C)Nc1ccccc1C(F)(F)F. The van der Waals surface area contributed by atoms with Gasteiger partial charge in [0.2, 0.25) is 0 Å². The molecule has 0 saturated heterocycles. The smallest absolute Gasteiger partial charge is 0.418 e. The molecule has 6 heteroatoms. The lowest BCUT2D eigenvalue weighted by atomic mass is 10.0. The predicted molar refractivity (Wildman–Crippen MR) is 61.2 cm³/mol. The number of nitrogens with one attached hydrogen (secondary N) is 1. The first kappa shape index (κ1) is 14.3. The average Bonchev–Trinajstić information content (AvgIpc) is 2.26. The van der Waals surface area contributed by atoms with Gasteiger partial charge in [0, 0.05) is 5.69 Å². The summed E-state index contributed by atoms with van der Waals surface area (Å²) in [5.41, 5.74) is -2.21. The molecule has 1 N–H and O–H groups in total. The van der Waals surface area contributed by atoms with Gasteiger partial charge in [0.15, 0.2) is 0 Å². The molecule has 0 saturated carbocycles. The topological polar surface area (TPSA) is 38.3 Å². The van der Waals surface area contributed by atoms with Crippen LogP contribution in [0, 0.1) is 0 Å². The summed E-state index contributed by atoms with van der Waals surface area (Å²) in [5, 5.41) is 2.55. The van der Waals surface area contributed by atoms with Crippen molar-refractivity contribution in [3.05, 3.63) is 29.8 Å². The van der Waals surface area contributed by atoms with Gasteiger partial charge in [0.05, 0.1) is 12.7 Å². The lowest BCUT2D eigenvalue weighted by Gasteiger charge is -2.26. The van der Waals surface area contributed by atoms with Gasteiger partial charge < -0.3 is 10.1 Å². The van der Waals surface area contributed by atoms with E-state index in [0.29, 0.717) is 0 Å². The van der Waals surface area contributed by atoms with Crippen molar-refractivity contribution >= 4 is 11.7 Å². The molecule has 0 spiro atoms. The highest BCUT2D eigenvalue weighted by molar-refractivity contribution is 5.83. The van der Waals surface area contributed by atoms with Gasteiger partial charge in [-0.1, -0.05) is 12.1 Å². The molecular weight excluding hydrogens is 247 g/mol. The van der Waals surface area contributed by atoms with E-state index in [9.17, 15) is 18.0 Å². The van der Waals surface area contributed by atoms with Crippen molar-refractivity contribution in [1.29, 1.82) is 0 Å². The number of rotatable bonds is 3. The molecule has 0 amide bonds. The van der Waals surface area contributed by atoms with Gasteiger partial charge in [-0.15, -0.1) is 0 Å². The molecule has 0 bridgehead atoms. The van der Waals surface area contributed by atoms with Gasteiger partial charge in [-0.3, -0.25) is 0 Å². The first-order valence-electron chi connectivity index (χ1n) is 5.21. The summed E-state index contributed by atoms with van der Waals surface area (Å²) in [6.45, 7) is 2.90. The first-order chi connectivity index (χ1) is 8.18. The zero-order valence-electron chi connectivity index (χ0n) is 10.3. The van der Waals surface area contributed by atoms with Crippen LogP contribution in [0.25, 0.3) is 0 Å². The number of benzene rings is 1. The summed E-state index contributed by atoms with van der Waals surface area (Å²) in [4.78, 5) is 11.4. The molecule has 0 radical (unpaired) electrons. The number of carbonyl (C=O) groups is 1. The van der Waals surface area contributed by atoms with E-state index in [-0.39, 0.29) is 5.69 Å². The standard InChI is InChI=1S/C12H14F3NO2/c1-11(2,10(17)18-3)16-9-7-5-4-6-8(9)12(13,14)15/h4-7,16H,1-3H3. The van der Waals surface area contributed by atoms with Crippen molar-refractivity contribution in [2.45, 2.75) is 25.6 Å². The molecule has 0 aliphatic heterocycles. The molecular formula is C12H14F3NO2. The molecule has 0 heterocycles. The summed E-state index contributed by atoms with van der Waals surface area (Å²) in [6.07, 6.45) is -4.48. The summed E-state index contributed by atoms with van der Waals surface area (Å²) < 4.78 is 42.8. The molecule has 0 unspecified atom stereocenters. The van der Waals surface area contributed by atoms with Gasteiger partial charge in [0.1, 0.15) is 5.54 Å². The van der Waals surface area contributed by atoms with Crippen LogP contribution in [0.3, 0.4) is 0 Å². The van der Waals surface area contributed by atoms with E-state index in [0.717, 1.165) is 6.07 Å². The number of halogens is 3. The minimum absolute atomic E-state index is 0.152. The highest BCUT2D eigenvalue weighted by Gasteiger charge is 2.36. The number of esters is 1. The largest absolute Gasteiger partial charge is 0.467 e. The van der Waals surface area contributed by atoms with Crippen LogP contribution in [-0.4, -0.2) is 18.6 Å². The molecule has 0 aliphatic carbocycles. The fourth-order valence-corrected chi connectivity index (χ4v) is 1.48. The van der Waals surface area contributed by atoms with E-state index < -0.39 is 23.2 Å². The minimum Gasteiger partial charge on any atom is -0.467 e. The number of carbonyl (C=O) groups excluding carboxylic acids is 1. The van der Waals surface area contributed by atoms with Crippen molar-refractivity contribution in [1.82, 2.24) is 0 Å². The van der Waals surface area contributed by atoms with Crippen LogP contribution >= 0.6 is 0 Å². The summed E-state index contributed by atoms with van der Waals surface area (Å²) in [5.74, 6) is -0.639. The maximum absolute atomic E-state index is 12.8. The number of hydrogen-bond acceptors (Lipinski definition) is 3. The van der Waals surface area contributed by atoms with Crippen molar-refractivity contribution in [3.63, 3.8) is 0 Å². The number of hydrogen-bond donors (Lipinski definition) is 1. The van der Waals surface area contributed by atoms with Crippen molar-refractivity contribution < 1.29 is 22.7 Å². The Kier molecular flexibility index (Phi) is 3.88. The Morgan fingerprint density at radius 3 is 2.28 bits per heavy atom. The van der Waals surface area contributed by atoms with E-state index in [1.807, 2.05) is 0 Å². The highest BCUT2D eigenvalue weighted by Crippen LogP contribution is 2.35. The second-order valence-electron chi connectivity index (χ2n) is 4.28. The third-order valence-electron chi connectivity index (χ3n) is 2.38. The molecule has 18 heavy (non-hydrogen) atoms. The first-order valence-corrected chi connectivity index (χ1v) is 5.21. The number of methoxy groups -OCH3 is 1. The number of para-hydroxylation sites is 1. The monoisotopic (exact) mass is 261 g/mol. The van der Waals surface area contributed by atoms with Crippen LogP contribution in [0.2, 0.25) is 0 Å². The Bertz CT molecular complexity index is 441. The van der Waals surface area contributed by atoms with Crippen molar-refractivity contribution in [2.24, 2.45) is 0 Å². The summed E-state index contributed by atoms with van der Waals surface area (Å²) in [6, 6.07) is 4.98. The Morgan fingerprint density at radius 1 is 1.22 bits per heavy atom. The summed E-state index contributed by atoms with van der Waals surface area (Å²) in [7, 11) is 1.18. The van der Waals surface area contributed by atoms with Gasteiger partial charge in [0.25, 0.3) is 0 Å². The second-order valence-corrected chi connectivity index (χ2v) is 4.28. The van der Waals surface area contributed by atoms with Crippen molar-refractivity contribution in [2.75, 3.05) is 12.4 Å². The molecule has 3 nitrogen and oxygen atoms in total. The molecule has 0 aromatic heterocycles. The maximum atomic E-state index is 12.8. The van der Waals surface area contributed by atoms with Crippen molar-refractivity contribution in [3.8, 4) is 0 Å². The zero-order valence-corrected chi connectivity index (χ0v) is 10.3. The second kappa shape index (κ2) is 4.88. The number of alkyl halides is 3. The zero-order chi connectivity index (χ0) is 14.0. The quantitative estimate of drug-likeness (QED) is 0.850. The average molecular weight is 261 g/mol. The number of anilines is 1. The van der Waals surface area contributed by atoms with Crippen LogP contribution in [0.1, 0.15) is 19.4 Å². The summed E-state index contributed by atoms with van der Waals surface area (Å²) >= 11 is 0. The molecule has 1 rings (SSSR count). The molecule has 100 valence electrons. The van der Waals surface area contributed by atoms with Gasteiger partial charge in [-0.25, -0.2) is 4.79 Å². The van der Waals surface area contributed by atoms with E-state index in [1.165, 1.54) is 39.2 Å². The van der Waals surface area contributed by atoms with Crippen LogP contribution < -0.4 is 5.32 Å². The van der Waals surface area contributed by atoms with E-state index in [4.69, 9.17) is 0 Å². The minimum atomic E-state index is -4.48. The molecule has 0 atom stereocenters. The molecule has 1 aromatic rings. The van der Waals surface area contributed by atoms with E-state index in [2.05, 4.69) is 10.1 Å². The highest BCUT2D eigenvalue weighted by atomic mass is 19.4. The van der Waals surface area contributed by atoms with Crippen LogP contribution in [0.4, 0.5) is 18.9 Å². The van der Waals surface area contributed by atoms with Gasteiger partial charge >= 0.3 is 12.1 Å². The third-order valence-corrected chi connectivity index (χ3v) is 2.38. The normalized spacial score (nSPS) is 12.1. The Morgan fingerprint density at radius 2 is 1.78 bits per heavy atom. The number of ether oxygens (including phenoxy) is 1. The van der Waals surface area contributed by atoms with E-state index >= 15 is 0 Å². The predicted octanol–water partition coefficient (Wildman–Crippen LogP) is 3.07. The lowest BCUT2D eigenvalue weighted by Crippen LogP contribution is -2.41. The maximum Gasteiger partial charge on any atom is 0.418 e. The fourth-order valence-electron chi connectivity index (χ4n) is 1.48. The molecule has 1 aromatic carbocycles. The Balaban J connectivity index is 3.09. The lowest BCUT2D eigenvalue weighted by molar-refractivity contribution is -0.145. The van der Waals surface area contributed by atoms with Crippen LogP contribution in [-0.2, 0) is 15.7 Å². The van der Waals surface area contributed by atoms with Gasteiger partial charge in [-0.05, 0) is 26.0 Å². The Hall–Kier alpha value is -1.72. The van der Waals surface area contributed by atoms with Gasteiger partial charge in [-0.2, -0.15) is 13.2 Å². The molecule has 0 aliphatic rings. The third kappa shape index (κ3) is 3.15. The fraction of sp³-hybridized carbons (Fsp3) is 0.417. The van der Waals surface area contributed by atoms with Crippen LogP contribution in [0.15, 0.2) is 24.3 Å². The van der Waals surface area contributed by atoms with E-state index in [1.54, 1.807) is 0 Å². The van der Waals surface area contributed by atoms with Crippen LogP contribution in [0.5, 0.6) is 0 Å². The Labute approximate surface area is 103 Å².